The number of aryl methyl sites for hydroxylation is 3. The number of carbonyl (C=O) groups is 3. The summed E-state index contributed by atoms with van der Waals surface area (Å²) in [6, 6.07) is 9.79. The third kappa shape index (κ3) is 4.89. The highest BCUT2D eigenvalue weighted by Gasteiger charge is 2.47. The summed E-state index contributed by atoms with van der Waals surface area (Å²) in [5.41, 5.74) is 4.64. The molecule has 0 aromatic heterocycles. The van der Waals surface area contributed by atoms with Crippen LogP contribution < -0.4 is 10.6 Å². The Morgan fingerprint density at radius 2 is 1.79 bits per heavy atom. The van der Waals surface area contributed by atoms with Crippen LogP contribution in [0.4, 0.5) is 10.5 Å². The number of hydrogen-bond donors (Lipinski definition) is 2. The molecule has 174 valence electrons. The molecule has 2 aliphatic rings. The number of imide groups is 1. The Labute approximate surface area is 199 Å². The van der Waals surface area contributed by atoms with Gasteiger partial charge in [0.25, 0.3) is 0 Å². The van der Waals surface area contributed by atoms with Crippen LogP contribution in [0.3, 0.4) is 0 Å². The van der Waals surface area contributed by atoms with Crippen molar-refractivity contribution in [2.75, 3.05) is 18.4 Å². The summed E-state index contributed by atoms with van der Waals surface area (Å²) >= 11 is 5.97. The predicted octanol–water partition coefficient (Wildman–Crippen LogP) is 3.79. The van der Waals surface area contributed by atoms with Crippen LogP contribution >= 0.6 is 11.6 Å². The highest BCUT2D eigenvalue weighted by atomic mass is 35.5. The monoisotopic (exact) mass is 468 g/mol. The van der Waals surface area contributed by atoms with Gasteiger partial charge in [-0.1, -0.05) is 41.4 Å². The van der Waals surface area contributed by atoms with Crippen molar-refractivity contribution >= 4 is 35.1 Å². The number of anilines is 1. The first-order chi connectivity index (χ1) is 15.7. The van der Waals surface area contributed by atoms with Crippen molar-refractivity contribution in [3.63, 3.8) is 0 Å². The second-order valence-corrected chi connectivity index (χ2v) is 9.36. The molecule has 2 aromatic carbocycles. The van der Waals surface area contributed by atoms with E-state index < -0.39 is 12.1 Å². The van der Waals surface area contributed by atoms with E-state index in [-0.39, 0.29) is 30.9 Å². The largest absolute Gasteiger partial charge is 0.327 e. The van der Waals surface area contributed by atoms with Gasteiger partial charge in [-0.25, -0.2) is 4.79 Å². The van der Waals surface area contributed by atoms with Gasteiger partial charge in [0.15, 0.2) is 0 Å². The molecule has 0 saturated carbocycles. The van der Waals surface area contributed by atoms with Gasteiger partial charge < -0.3 is 15.5 Å². The lowest BCUT2D eigenvalue weighted by atomic mass is 9.93. The van der Waals surface area contributed by atoms with Crippen molar-refractivity contribution in [2.45, 2.75) is 52.2 Å². The van der Waals surface area contributed by atoms with Gasteiger partial charge in [0.1, 0.15) is 12.6 Å². The van der Waals surface area contributed by atoms with Gasteiger partial charge >= 0.3 is 6.03 Å². The van der Waals surface area contributed by atoms with Crippen LogP contribution in [0.2, 0.25) is 5.02 Å². The van der Waals surface area contributed by atoms with Gasteiger partial charge in [-0.2, -0.15) is 0 Å². The van der Waals surface area contributed by atoms with Gasteiger partial charge in [-0.15, -0.1) is 0 Å². The number of piperidine rings is 1. The fourth-order valence-electron chi connectivity index (χ4n) is 4.83. The number of fused-ring (bicyclic) bond motifs is 1. The van der Waals surface area contributed by atoms with Crippen LogP contribution in [0.1, 0.15) is 35.1 Å². The molecular weight excluding hydrogens is 440 g/mol. The van der Waals surface area contributed by atoms with E-state index in [1.54, 1.807) is 29.2 Å². The smallest absolute Gasteiger partial charge is 0.324 e. The Morgan fingerprint density at radius 1 is 1.12 bits per heavy atom. The average Bonchev–Trinajstić information content (AvgIpc) is 2.78. The van der Waals surface area contributed by atoms with Gasteiger partial charge in [-0.05, 0) is 69.0 Å². The van der Waals surface area contributed by atoms with E-state index in [4.69, 9.17) is 11.6 Å². The summed E-state index contributed by atoms with van der Waals surface area (Å²) in [6.07, 6.45) is 1.52. The number of benzene rings is 2. The van der Waals surface area contributed by atoms with Crippen molar-refractivity contribution in [1.29, 1.82) is 0 Å². The molecule has 4 rings (SSSR count). The zero-order valence-corrected chi connectivity index (χ0v) is 19.9. The number of halogens is 1. The van der Waals surface area contributed by atoms with Crippen molar-refractivity contribution < 1.29 is 14.4 Å². The minimum atomic E-state index is -0.514. The number of carbonyl (C=O) groups excluding carboxylic acids is 3. The molecule has 2 aromatic rings. The van der Waals surface area contributed by atoms with E-state index in [2.05, 4.69) is 10.6 Å². The fraction of sp³-hybridized carbons (Fsp3) is 0.400. The first-order valence-corrected chi connectivity index (χ1v) is 11.6. The minimum Gasteiger partial charge on any atom is -0.324 e. The zero-order chi connectivity index (χ0) is 23.7. The molecule has 2 fully saturated rings. The molecule has 33 heavy (non-hydrogen) atoms. The van der Waals surface area contributed by atoms with E-state index in [1.807, 2.05) is 32.9 Å². The molecular formula is C25H29ClN4O3. The maximum absolute atomic E-state index is 13.4. The summed E-state index contributed by atoms with van der Waals surface area (Å²) < 4.78 is 0. The van der Waals surface area contributed by atoms with Crippen LogP contribution in [0.5, 0.6) is 0 Å². The van der Waals surface area contributed by atoms with Crippen LogP contribution in [0, 0.1) is 20.8 Å². The van der Waals surface area contributed by atoms with Crippen molar-refractivity contribution in [3.05, 3.63) is 63.7 Å². The predicted molar refractivity (Wildman–Crippen MR) is 128 cm³/mol. The maximum Gasteiger partial charge on any atom is 0.327 e. The molecule has 2 N–H and O–H groups in total. The lowest BCUT2D eigenvalue weighted by molar-refractivity contribution is -0.138. The van der Waals surface area contributed by atoms with Crippen molar-refractivity contribution in [2.24, 2.45) is 0 Å². The SMILES string of the molecule is Cc1cc(C)c(NC(=O)CN2C(=O)N(Cc3ccc(Cl)cc3)C(=O)C3NCCCC32)c(C)c1. The molecule has 0 radical (unpaired) electrons. The summed E-state index contributed by atoms with van der Waals surface area (Å²) in [5.74, 6) is -0.523. The lowest BCUT2D eigenvalue weighted by Gasteiger charge is -2.46. The van der Waals surface area contributed by atoms with E-state index in [0.29, 0.717) is 18.0 Å². The second-order valence-electron chi connectivity index (χ2n) is 8.92. The zero-order valence-electron chi connectivity index (χ0n) is 19.2. The molecule has 2 saturated heterocycles. The van der Waals surface area contributed by atoms with Crippen LogP contribution in [0.15, 0.2) is 36.4 Å². The van der Waals surface area contributed by atoms with E-state index >= 15 is 0 Å². The van der Waals surface area contributed by atoms with E-state index in [1.165, 1.54) is 4.90 Å². The normalized spacial score (nSPS) is 20.6. The summed E-state index contributed by atoms with van der Waals surface area (Å²) in [6.45, 7) is 6.65. The number of nitrogens with one attached hydrogen (secondary N) is 2. The topological polar surface area (TPSA) is 81.8 Å². The van der Waals surface area contributed by atoms with Crippen LogP contribution in [0.25, 0.3) is 0 Å². The Bertz CT molecular complexity index is 1060. The molecule has 0 aliphatic carbocycles. The van der Waals surface area contributed by atoms with Crippen molar-refractivity contribution in [3.8, 4) is 0 Å². The number of nitrogens with zero attached hydrogens (tertiary/aromatic N) is 2. The molecule has 4 amide bonds. The van der Waals surface area contributed by atoms with Gasteiger partial charge in [-0.3, -0.25) is 14.5 Å². The summed E-state index contributed by atoms with van der Waals surface area (Å²) in [7, 11) is 0. The molecule has 7 nitrogen and oxygen atoms in total. The Morgan fingerprint density at radius 3 is 2.45 bits per heavy atom. The van der Waals surface area contributed by atoms with Gasteiger partial charge in [0, 0.05) is 10.7 Å². The highest BCUT2D eigenvalue weighted by molar-refractivity contribution is 6.30. The molecule has 0 bridgehead atoms. The summed E-state index contributed by atoms with van der Waals surface area (Å²) in [5, 5.41) is 6.82. The second kappa shape index (κ2) is 9.53. The average molecular weight is 469 g/mol. The first-order valence-electron chi connectivity index (χ1n) is 11.2. The third-order valence-corrected chi connectivity index (χ3v) is 6.60. The standard InChI is InChI=1S/C25H29ClN4O3/c1-15-11-16(2)22(17(3)12-15)28-21(31)14-29-20-5-4-10-27-23(20)24(32)30(25(29)33)13-18-6-8-19(26)9-7-18/h6-9,11-12,20,23,27H,4-5,10,13-14H2,1-3H3,(H,28,31). The minimum absolute atomic E-state index is 0.112. The third-order valence-electron chi connectivity index (χ3n) is 6.34. The molecule has 2 heterocycles. The Balaban J connectivity index is 1.56. The van der Waals surface area contributed by atoms with Gasteiger partial charge in [0.05, 0.1) is 12.6 Å². The number of rotatable bonds is 5. The van der Waals surface area contributed by atoms with E-state index in [9.17, 15) is 14.4 Å². The quantitative estimate of drug-likeness (QED) is 0.699. The molecule has 2 aliphatic heterocycles. The van der Waals surface area contributed by atoms with E-state index in [0.717, 1.165) is 34.4 Å². The van der Waals surface area contributed by atoms with Crippen LogP contribution in [-0.4, -0.2) is 52.8 Å². The fourth-order valence-corrected chi connectivity index (χ4v) is 4.96. The molecule has 2 atom stereocenters. The molecule has 8 heteroatoms. The number of amides is 4. The van der Waals surface area contributed by atoms with Gasteiger partial charge in [0.2, 0.25) is 11.8 Å². The first kappa shape index (κ1) is 23.3. The Hall–Kier alpha value is -2.90. The van der Waals surface area contributed by atoms with Crippen LogP contribution in [-0.2, 0) is 16.1 Å². The Kier molecular flexibility index (Phi) is 6.72. The van der Waals surface area contributed by atoms with Crippen molar-refractivity contribution in [1.82, 2.24) is 15.1 Å². The summed E-state index contributed by atoms with van der Waals surface area (Å²) in [4.78, 5) is 42.4. The number of urea groups is 1. The lowest BCUT2D eigenvalue weighted by Crippen LogP contribution is -2.70. The number of hydrogen-bond acceptors (Lipinski definition) is 4. The molecule has 0 spiro atoms. The maximum atomic E-state index is 13.4. The highest BCUT2D eigenvalue weighted by Crippen LogP contribution is 2.27. The molecule has 2 unspecified atom stereocenters.